The van der Waals surface area contributed by atoms with E-state index in [1.54, 1.807) is 11.3 Å². The highest BCUT2D eigenvalue weighted by Gasteiger charge is 2.19. The van der Waals surface area contributed by atoms with Gasteiger partial charge in [-0.05, 0) is 41.8 Å². The van der Waals surface area contributed by atoms with Crippen LogP contribution in [0.4, 0.5) is 5.13 Å². The first-order valence-electron chi connectivity index (χ1n) is 8.45. The van der Waals surface area contributed by atoms with Gasteiger partial charge in [-0.1, -0.05) is 47.5 Å². The van der Waals surface area contributed by atoms with Gasteiger partial charge in [0.25, 0.3) is 0 Å². The fourth-order valence-electron chi connectivity index (χ4n) is 2.77. The fourth-order valence-corrected chi connectivity index (χ4v) is 4.02. The molecular weight excluding hydrogens is 403 g/mol. The van der Waals surface area contributed by atoms with Crippen molar-refractivity contribution in [2.24, 2.45) is 0 Å². The van der Waals surface area contributed by atoms with Crippen molar-refractivity contribution in [1.82, 2.24) is 4.98 Å². The summed E-state index contributed by atoms with van der Waals surface area (Å²) in [5.74, 6) is -0.770. The molecule has 0 fully saturated rings. The van der Waals surface area contributed by atoms with Crippen molar-refractivity contribution < 1.29 is 9.90 Å². The number of carbonyl (C=O) groups is 1. The monoisotopic (exact) mass is 420 g/mol. The Balaban J connectivity index is 1.84. The summed E-state index contributed by atoms with van der Waals surface area (Å²) in [5.41, 5.74) is 2.23. The second kappa shape index (κ2) is 9.22. The molecule has 3 rings (SSSR count). The van der Waals surface area contributed by atoms with Gasteiger partial charge in [0.15, 0.2) is 5.13 Å². The number of aliphatic carboxylic acids is 1. The largest absolute Gasteiger partial charge is 0.481 e. The molecule has 7 heteroatoms. The number of benzene rings is 2. The summed E-state index contributed by atoms with van der Waals surface area (Å²) in [4.78, 5) is 16.1. The average molecular weight is 421 g/mol. The van der Waals surface area contributed by atoms with E-state index in [1.165, 1.54) is 0 Å². The molecule has 0 saturated carbocycles. The first kappa shape index (κ1) is 19.7. The molecule has 2 aromatic carbocycles. The van der Waals surface area contributed by atoms with Crippen LogP contribution in [-0.2, 0) is 4.79 Å². The number of thiazole rings is 1. The molecule has 3 aromatic rings. The van der Waals surface area contributed by atoms with Gasteiger partial charge in [-0.25, -0.2) is 4.98 Å². The van der Waals surface area contributed by atoms with Crippen molar-refractivity contribution in [3.8, 4) is 0 Å². The Kier molecular flexibility index (Phi) is 6.72. The topological polar surface area (TPSA) is 62.2 Å². The van der Waals surface area contributed by atoms with Crippen molar-refractivity contribution >= 4 is 45.6 Å². The smallest absolute Gasteiger partial charge is 0.303 e. The lowest BCUT2D eigenvalue weighted by Crippen LogP contribution is -2.04. The van der Waals surface area contributed by atoms with Gasteiger partial charge in [0.05, 0.1) is 0 Å². The zero-order valence-corrected chi connectivity index (χ0v) is 16.7. The summed E-state index contributed by atoms with van der Waals surface area (Å²) >= 11 is 13.7. The molecule has 0 bridgehead atoms. The molecule has 0 aliphatic rings. The fraction of sp³-hybridized carbons (Fsp3) is 0.200. The van der Waals surface area contributed by atoms with Crippen LogP contribution in [0.15, 0.2) is 54.7 Å². The van der Waals surface area contributed by atoms with Crippen LogP contribution in [0.25, 0.3) is 0 Å². The summed E-state index contributed by atoms with van der Waals surface area (Å²) in [7, 11) is 0. The molecule has 1 aromatic heterocycles. The number of hydrogen-bond donors (Lipinski definition) is 2. The number of carboxylic acids is 1. The second-order valence-electron chi connectivity index (χ2n) is 6.03. The first-order valence-corrected chi connectivity index (χ1v) is 10.0. The van der Waals surface area contributed by atoms with E-state index in [4.69, 9.17) is 28.3 Å². The molecule has 27 heavy (non-hydrogen) atoms. The maximum absolute atomic E-state index is 10.6. The number of halogens is 2. The average Bonchev–Trinajstić information content (AvgIpc) is 3.10. The predicted octanol–water partition coefficient (Wildman–Crippen LogP) is 5.91. The van der Waals surface area contributed by atoms with E-state index in [0.717, 1.165) is 21.1 Å². The number of nitrogens with one attached hydrogen (secondary N) is 1. The third-order valence-corrected chi connectivity index (χ3v) is 5.58. The minimum Gasteiger partial charge on any atom is -0.481 e. The lowest BCUT2D eigenvalue weighted by molar-refractivity contribution is -0.137. The zero-order valence-electron chi connectivity index (χ0n) is 14.4. The number of hydrogen-bond acceptors (Lipinski definition) is 4. The Morgan fingerprint density at radius 1 is 1.04 bits per heavy atom. The van der Waals surface area contributed by atoms with Gasteiger partial charge in [-0.3, -0.25) is 4.79 Å². The van der Waals surface area contributed by atoms with Crippen molar-refractivity contribution in [3.63, 3.8) is 0 Å². The highest BCUT2D eigenvalue weighted by atomic mass is 35.5. The van der Waals surface area contributed by atoms with E-state index in [0.29, 0.717) is 23.0 Å². The summed E-state index contributed by atoms with van der Waals surface area (Å²) < 4.78 is 0. The highest BCUT2D eigenvalue weighted by Crippen LogP contribution is 2.37. The van der Waals surface area contributed by atoms with E-state index in [9.17, 15) is 4.79 Å². The van der Waals surface area contributed by atoms with Crippen LogP contribution in [0.2, 0.25) is 10.0 Å². The maximum Gasteiger partial charge on any atom is 0.303 e. The molecule has 0 saturated heterocycles. The Bertz CT molecular complexity index is 850. The summed E-state index contributed by atoms with van der Waals surface area (Å²) in [5, 5.41) is 14.1. The molecule has 1 heterocycles. The molecular formula is C20H18Cl2N2O2S. The van der Waals surface area contributed by atoms with Gasteiger partial charge in [0, 0.05) is 40.0 Å². The molecule has 0 unspecified atom stereocenters. The molecule has 0 radical (unpaired) electrons. The van der Waals surface area contributed by atoms with Gasteiger partial charge >= 0.3 is 5.97 Å². The minimum atomic E-state index is -0.790. The molecule has 0 amide bonds. The van der Waals surface area contributed by atoms with Crippen LogP contribution in [0.1, 0.15) is 34.8 Å². The van der Waals surface area contributed by atoms with Crippen molar-refractivity contribution in [2.45, 2.75) is 18.8 Å². The standard InChI is InChI=1S/C20H18Cl2N2O2S/c21-15-7-3-13(4-8-15)19(14-5-9-16(22)10-6-14)17-12-24-20(27-17)23-11-1-2-18(25)26/h3-10,12,19H,1-2,11H2,(H,23,24)(H,25,26). The first-order chi connectivity index (χ1) is 13.0. The normalized spacial score (nSPS) is 10.9. The van der Waals surface area contributed by atoms with Gasteiger partial charge in [-0.2, -0.15) is 0 Å². The Hall–Kier alpha value is -2.08. The van der Waals surface area contributed by atoms with Crippen LogP contribution < -0.4 is 5.32 Å². The van der Waals surface area contributed by atoms with Gasteiger partial charge in [-0.15, -0.1) is 11.3 Å². The predicted molar refractivity (Wildman–Crippen MR) is 111 cm³/mol. The number of nitrogens with zero attached hydrogens (tertiary/aromatic N) is 1. The molecule has 0 atom stereocenters. The molecule has 2 N–H and O–H groups in total. The van der Waals surface area contributed by atoms with E-state index < -0.39 is 5.97 Å². The van der Waals surface area contributed by atoms with Crippen molar-refractivity contribution in [1.29, 1.82) is 0 Å². The summed E-state index contributed by atoms with van der Waals surface area (Å²) in [6, 6.07) is 15.6. The highest BCUT2D eigenvalue weighted by molar-refractivity contribution is 7.15. The Morgan fingerprint density at radius 2 is 1.59 bits per heavy atom. The van der Waals surface area contributed by atoms with E-state index in [1.807, 2.05) is 54.7 Å². The van der Waals surface area contributed by atoms with Crippen LogP contribution in [0, 0.1) is 0 Å². The van der Waals surface area contributed by atoms with Gasteiger partial charge in [0.1, 0.15) is 0 Å². The van der Waals surface area contributed by atoms with Gasteiger partial charge in [0.2, 0.25) is 0 Å². The Morgan fingerprint density at radius 3 is 2.11 bits per heavy atom. The van der Waals surface area contributed by atoms with E-state index >= 15 is 0 Å². The summed E-state index contributed by atoms with van der Waals surface area (Å²) in [6.07, 6.45) is 2.56. The number of carboxylic acid groups (broad SMARTS) is 1. The van der Waals surface area contributed by atoms with Crippen LogP contribution >= 0.6 is 34.5 Å². The molecule has 0 aliphatic heterocycles. The van der Waals surface area contributed by atoms with Crippen molar-refractivity contribution in [3.05, 3.63) is 80.8 Å². The molecule has 4 nitrogen and oxygen atoms in total. The van der Waals surface area contributed by atoms with Crippen LogP contribution in [-0.4, -0.2) is 22.6 Å². The lowest BCUT2D eigenvalue weighted by Gasteiger charge is -2.16. The summed E-state index contributed by atoms with van der Waals surface area (Å²) in [6.45, 7) is 0.575. The second-order valence-corrected chi connectivity index (χ2v) is 7.96. The quantitative estimate of drug-likeness (QED) is 0.444. The third-order valence-electron chi connectivity index (χ3n) is 4.06. The van der Waals surface area contributed by atoms with Gasteiger partial charge < -0.3 is 10.4 Å². The SMILES string of the molecule is O=C(O)CCCNc1ncc(C(c2ccc(Cl)cc2)c2ccc(Cl)cc2)s1. The number of rotatable bonds is 8. The minimum absolute atomic E-state index is 0.0200. The van der Waals surface area contributed by atoms with E-state index in [2.05, 4.69) is 10.3 Å². The van der Waals surface area contributed by atoms with E-state index in [-0.39, 0.29) is 12.3 Å². The third kappa shape index (κ3) is 5.45. The maximum atomic E-state index is 10.6. The lowest BCUT2D eigenvalue weighted by atomic mass is 9.90. The molecule has 0 aliphatic carbocycles. The van der Waals surface area contributed by atoms with Crippen LogP contribution in [0.3, 0.4) is 0 Å². The molecule has 140 valence electrons. The molecule has 0 spiro atoms. The number of aromatic nitrogens is 1. The zero-order chi connectivity index (χ0) is 19.2. The number of anilines is 1. The Labute approximate surface area is 171 Å². The van der Waals surface area contributed by atoms with Crippen molar-refractivity contribution in [2.75, 3.05) is 11.9 Å². The van der Waals surface area contributed by atoms with Crippen LogP contribution in [0.5, 0.6) is 0 Å².